The van der Waals surface area contributed by atoms with Crippen LogP contribution in [0, 0.1) is 17.2 Å². The van der Waals surface area contributed by atoms with Crippen LogP contribution < -0.4 is 4.90 Å². The summed E-state index contributed by atoms with van der Waals surface area (Å²) in [7, 11) is 0. The van der Waals surface area contributed by atoms with E-state index in [1.165, 1.54) is 6.42 Å². The van der Waals surface area contributed by atoms with E-state index in [0.717, 1.165) is 38.5 Å². The van der Waals surface area contributed by atoms with Gasteiger partial charge in [0.25, 0.3) is 0 Å². The average Bonchev–Trinajstić information content (AvgIpc) is 2.45. The summed E-state index contributed by atoms with van der Waals surface area (Å²) in [6, 6.07) is 7.70. The van der Waals surface area contributed by atoms with E-state index >= 15 is 0 Å². The highest BCUT2D eigenvalue weighted by atomic mass is 16.5. The maximum Gasteiger partial charge on any atom is 0.142 e. The molecule has 2 rings (SSSR count). The van der Waals surface area contributed by atoms with Crippen LogP contribution in [0.4, 0.5) is 5.82 Å². The third-order valence-corrected chi connectivity index (χ3v) is 3.25. The van der Waals surface area contributed by atoms with Crippen molar-refractivity contribution in [1.29, 1.82) is 5.26 Å². The number of piperidine rings is 1. The zero-order valence-corrected chi connectivity index (χ0v) is 10.8. The monoisotopic (exact) mass is 245 g/mol. The molecule has 18 heavy (non-hydrogen) atoms. The number of nitriles is 1. The first-order valence-corrected chi connectivity index (χ1v) is 6.53. The molecule has 1 aliphatic rings. The molecule has 2 heterocycles. The fourth-order valence-corrected chi connectivity index (χ4v) is 2.36. The molecule has 96 valence electrons. The molecule has 0 bridgehead atoms. The summed E-state index contributed by atoms with van der Waals surface area (Å²) in [5, 5.41) is 8.88. The second-order valence-electron chi connectivity index (χ2n) is 4.61. The van der Waals surface area contributed by atoms with Crippen LogP contribution in [0.5, 0.6) is 0 Å². The normalized spacial score (nSPS) is 19.6. The van der Waals surface area contributed by atoms with E-state index in [1.54, 1.807) is 6.07 Å². The van der Waals surface area contributed by atoms with Crippen LogP contribution in [0.3, 0.4) is 0 Å². The number of anilines is 1. The molecular formula is C14H19N3O. The smallest absolute Gasteiger partial charge is 0.142 e. The van der Waals surface area contributed by atoms with Crippen LogP contribution in [0.1, 0.15) is 25.5 Å². The third-order valence-electron chi connectivity index (χ3n) is 3.25. The first-order chi connectivity index (χ1) is 8.83. The van der Waals surface area contributed by atoms with Crippen molar-refractivity contribution in [2.45, 2.75) is 19.8 Å². The fraction of sp³-hybridized carbons (Fsp3) is 0.571. The molecule has 0 aromatic carbocycles. The Morgan fingerprint density at radius 3 is 3.22 bits per heavy atom. The zero-order chi connectivity index (χ0) is 12.8. The van der Waals surface area contributed by atoms with Gasteiger partial charge in [0.2, 0.25) is 0 Å². The Morgan fingerprint density at radius 1 is 1.56 bits per heavy atom. The van der Waals surface area contributed by atoms with Crippen LogP contribution in [0.25, 0.3) is 0 Å². The molecule has 0 radical (unpaired) electrons. The van der Waals surface area contributed by atoms with Crippen molar-refractivity contribution >= 4 is 5.82 Å². The van der Waals surface area contributed by atoms with E-state index in [1.807, 2.05) is 19.1 Å². The van der Waals surface area contributed by atoms with Gasteiger partial charge in [-0.25, -0.2) is 4.98 Å². The fourth-order valence-electron chi connectivity index (χ4n) is 2.36. The van der Waals surface area contributed by atoms with Crippen LogP contribution in [0.2, 0.25) is 0 Å². The molecule has 0 aliphatic carbocycles. The van der Waals surface area contributed by atoms with Crippen molar-refractivity contribution < 1.29 is 4.74 Å². The lowest BCUT2D eigenvalue weighted by Crippen LogP contribution is -2.37. The second kappa shape index (κ2) is 6.36. The molecule has 4 nitrogen and oxygen atoms in total. The summed E-state index contributed by atoms with van der Waals surface area (Å²) < 4.78 is 5.50. The number of rotatable bonds is 4. The van der Waals surface area contributed by atoms with Gasteiger partial charge in [-0.3, -0.25) is 0 Å². The minimum Gasteiger partial charge on any atom is -0.381 e. The molecule has 0 spiro atoms. The number of pyridine rings is 1. The second-order valence-corrected chi connectivity index (χ2v) is 4.61. The van der Waals surface area contributed by atoms with Gasteiger partial charge in [-0.05, 0) is 37.8 Å². The van der Waals surface area contributed by atoms with E-state index in [4.69, 9.17) is 10.00 Å². The molecule has 0 saturated carbocycles. The van der Waals surface area contributed by atoms with E-state index in [2.05, 4.69) is 16.0 Å². The number of hydrogen-bond acceptors (Lipinski definition) is 4. The van der Waals surface area contributed by atoms with E-state index < -0.39 is 0 Å². The molecule has 1 aromatic heterocycles. The van der Waals surface area contributed by atoms with Crippen LogP contribution in [0.15, 0.2) is 18.2 Å². The summed E-state index contributed by atoms with van der Waals surface area (Å²) in [5.41, 5.74) is 0.486. The van der Waals surface area contributed by atoms with E-state index in [-0.39, 0.29) is 0 Å². The number of nitrogens with zero attached hydrogens (tertiary/aromatic N) is 3. The molecule has 1 saturated heterocycles. The lowest BCUT2D eigenvalue weighted by Gasteiger charge is -2.33. The van der Waals surface area contributed by atoms with E-state index in [0.29, 0.717) is 11.6 Å². The minimum absolute atomic E-state index is 0.486. The standard InChI is InChI=1S/C14H19N3O/c1-2-18-11-12-5-4-8-17(10-12)14-7-3-6-13(9-15)16-14/h3,6-7,12H,2,4-5,8,10-11H2,1H3. The summed E-state index contributed by atoms with van der Waals surface area (Å²) in [5.74, 6) is 1.49. The number of ether oxygens (including phenoxy) is 1. The first kappa shape index (κ1) is 12.8. The molecule has 1 fully saturated rings. The van der Waals surface area contributed by atoms with Gasteiger partial charge in [0, 0.05) is 19.7 Å². The molecule has 0 N–H and O–H groups in total. The Bertz CT molecular complexity index is 427. The van der Waals surface area contributed by atoms with Gasteiger partial charge in [0.15, 0.2) is 0 Å². The largest absolute Gasteiger partial charge is 0.381 e. The van der Waals surface area contributed by atoms with Gasteiger partial charge in [-0.1, -0.05) is 6.07 Å². The molecule has 1 aliphatic heterocycles. The molecule has 0 amide bonds. The SMILES string of the molecule is CCOCC1CCCN(c2cccc(C#N)n2)C1. The summed E-state index contributed by atoms with van der Waals surface area (Å²) in [6.07, 6.45) is 2.38. The highest BCUT2D eigenvalue weighted by Crippen LogP contribution is 2.22. The molecule has 1 unspecified atom stereocenters. The van der Waals surface area contributed by atoms with Gasteiger partial charge in [-0.15, -0.1) is 0 Å². The van der Waals surface area contributed by atoms with Crippen molar-refractivity contribution in [2.24, 2.45) is 5.92 Å². The van der Waals surface area contributed by atoms with Gasteiger partial charge < -0.3 is 9.64 Å². The number of hydrogen-bond donors (Lipinski definition) is 0. The van der Waals surface area contributed by atoms with Crippen molar-refractivity contribution in [1.82, 2.24) is 4.98 Å². The Kier molecular flexibility index (Phi) is 4.54. The zero-order valence-electron chi connectivity index (χ0n) is 10.8. The average molecular weight is 245 g/mol. The molecule has 4 heteroatoms. The topological polar surface area (TPSA) is 49.1 Å². The molecule has 1 aromatic rings. The summed E-state index contributed by atoms with van der Waals surface area (Å²) in [6.45, 7) is 5.62. The van der Waals surface area contributed by atoms with E-state index in [9.17, 15) is 0 Å². The Balaban J connectivity index is 2.01. The third kappa shape index (κ3) is 3.21. The van der Waals surface area contributed by atoms with Gasteiger partial charge >= 0.3 is 0 Å². The van der Waals surface area contributed by atoms with Crippen LogP contribution in [-0.2, 0) is 4.74 Å². The van der Waals surface area contributed by atoms with Crippen molar-refractivity contribution in [3.63, 3.8) is 0 Å². The first-order valence-electron chi connectivity index (χ1n) is 6.53. The summed E-state index contributed by atoms with van der Waals surface area (Å²) >= 11 is 0. The maximum absolute atomic E-state index is 8.88. The Labute approximate surface area is 108 Å². The van der Waals surface area contributed by atoms with Crippen molar-refractivity contribution in [2.75, 3.05) is 31.2 Å². The van der Waals surface area contributed by atoms with Gasteiger partial charge in [0.1, 0.15) is 17.6 Å². The number of aromatic nitrogens is 1. The lowest BCUT2D eigenvalue weighted by atomic mass is 9.99. The van der Waals surface area contributed by atoms with Crippen LogP contribution in [-0.4, -0.2) is 31.3 Å². The van der Waals surface area contributed by atoms with Gasteiger partial charge in [-0.2, -0.15) is 5.26 Å². The van der Waals surface area contributed by atoms with Crippen LogP contribution >= 0.6 is 0 Å². The quantitative estimate of drug-likeness (QED) is 0.816. The molecular weight excluding hydrogens is 226 g/mol. The molecule has 1 atom stereocenters. The Morgan fingerprint density at radius 2 is 2.44 bits per heavy atom. The minimum atomic E-state index is 0.486. The van der Waals surface area contributed by atoms with Crippen molar-refractivity contribution in [3.8, 4) is 6.07 Å². The lowest BCUT2D eigenvalue weighted by molar-refractivity contribution is 0.104. The highest BCUT2D eigenvalue weighted by molar-refractivity contribution is 5.42. The Hall–Kier alpha value is -1.60. The highest BCUT2D eigenvalue weighted by Gasteiger charge is 2.21. The van der Waals surface area contributed by atoms with Crippen molar-refractivity contribution in [3.05, 3.63) is 23.9 Å². The summed E-state index contributed by atoms with van der Waals surface area (Å²) in [4.78, 5) is 6.61. The maximum atomic E-state index is 8.88. The predicted octanol–water partition coefficient (Wildman–Crippen LogP) is 2.21. The predicted molar refractivity (Wildman–Crippen MR) is 70.4 cm³/mol. The van der Waals surface area contributed by atoms with Gasteiger partial charge in [0.05, 0.1) is 6.61 Å².